The molecule has 0 unspecified atom stereocenters. The maximum Gasteiger partial charge on any atom is 0.254 e. The van der Waals surface area contributed by atoms with Gasteiger partial charge in [-0.1, -0.05) is 6.92 Å². The number of rotatable bonds is 7. The molecule has 0 saturated heterocycles. The molecule has 1 N–H and O–H groups in total. The molecule has 0 aromatic heterocycles. The van der Waals surface area contributed by atoms with Crippen LogP contribution in [0.5, 0.6) is 0 Å². The van der Waals surface area contributed by atoms with Crippen LogP contribution in [0.1, 0.15) is 13.3 Å². The molecule has 1 rings (SSSR count). The van der Waals surface area contributed by atoms with E-state index in [9.17, 15) is 14.4 Å². The normalized spacial score (nSPS) is 14.5. The van der Waals surface area contributed by atoms with Crippen LogP contribution in [-0.4, -0.2) is 48.9 Å². The van der Waals surface area contributed by atoms with Gasteiger partial charge in [0.05, 0.1) is 6.61 Å². The topological polar surface area (TPSA) is 75.7 Å². The van der Waals surface area contributed by atoms with Gasteiger partial charge in [-0.25, -0.2) is 0 Å². The number of carbonyl (C=O) groups is 3. The van der Waals surface area contributed by atoms with Gasteiger partial charge >= 0.3 is 0 Å². The fraction of sp³-hybridized carbons (Fsp3) is 0.545. The molecule has 94 valence electrons. The lowest BCUT2D eigenvalue weighted by Crippen LogP contribution is -2.41. The van der Waals surface area contributed by atoms with Crippen molar-refractivity contribution in [3.8, 4) is 0 Å². The lowest BCUT2D eigenvalue weighted by atomic mass is 10.4. The van der Waals surface area contributed by atoms with Crippen molar-refractivity contribution in [2.75, 3.05) is 26.3 Å². The largest absolute Gasteiger partial charge is 0.380 e. The Kier molecular flexibility index (Phi) is 5.35. The highest BCUT2D eigenvalue weighted by Gasteiger charge is 2.25. The number of nitrogens with zero attached hydrogens (tertiary/aromatic N) is 1. The first-order valence-corrected chi connectivity index (χ1v) is 5.53. The molecule has 0 atom stereocenters. The van der Waals surface area contributed by atoms with E-state index >= 15 is 0 Å². The minimum Gasteiger partial charge on any atom is -0.380 e. The molecule has 0 fully saturated rings. The van der Waals surface area contributed by atoms with Crippen molar-refractivity contribution in [3.05, 3.63) is 12.2 Å². The minimum atomic E-state index is -0.451. The Hall–Kier alpha value is -1.69. The number of imide groups is 1. The molecule has 1 aliphatic rings. The fourth-order valence-corrected chi connectivity index (χ4v) is 1.30. The highest BCUT2D eigenvalue weighted by Crippen LogP contribution is 2.01. The summed E-state index contributed by atoms with van der Waals surface area (Å²) in [5.74, 6) is -1.27. The van der Waals surface area contributed by atoms with Crippen molar-refractivity contribution in [3.63, 3.8) is 0 Å². The maximum atomic E-state index is 11.4. The molecule has 0 saturated carbocycles. The first-order chi connectivity index (χ1) is 8.15. The van der Waals surface area contributed by atoms with Crippen molar-refractivity contribution in [1.29, 1.82) is 0 Å². The van der Waals surface area contributed by atoms with Gasteiger partial charge in [-0.3, -0.25) is 19.3 Å². The number of carbonyl (C=O) groups excluding carboxylic acids is 3. The van der Waals surface area contributed by atoms with Crippen LogP contribution in [0.15, 0.2) is 12.2 Å². The van der Waals surface area contributed by atoms with Crippen molar-refractivity contribution >= 4 is 17.7 Å². The van der Waals surface area contributed by atoms with E-state index in [0.717, 1.165) is 23.5 Å². The maximum absolute atomic E-state index is 11.4. The monoisotopic (exact) mass is 240 g/mol. The molecule has 0 aromatic carbocycles. The molecule has 1 aliphatic heterocycles. The highest BCUT2D eigenvalue weighted by molar-refractivity contribution is 6.14. The molecule has 6 heteroatoms. The zero-order valence-corrected chi connectivity index (χ0v) is 9.77. The molecule has 17 heavy (non-hydrogen) atoms. The van der Waals surface area contributed by atoms with Crippen molar-refractivity contribution in [1.82, 2.24) is 10.2 Å². The van der Waals surface area contributed by atoms with Gasteiger partial charge in [0.1, 0.15) is 6.54 Å². The van der Waals surface area contributed by atoms with Crippen LogP contribution in [0.2, 0.25) is 0 Å². The second kappa shape index (κ2) is 6.80. The summed E-state index contributed by atoms with van der Waals surface area (Å²) in [7, 11) is 0. The SMILES string of the molecule is CCCOCCNC(=O)CN1C(=O)C=CC1=O. The molecular formula is C11H16N2O4. The molecular weight excluding hydrogens is 224 g/mol. The molecule has 0 aromatic rings. The van der Waals surface area contributed by atoms with E-state index in [-0.39, 0.29) is 12.5 Å². The first-order valence-electron chi connectivity index (χ1n) is 5.53. The number of ether oxygens (including phenoxy) is 1. The lowest BCUT2D eigenvalue weighted by molar-refractivity contribution is -0.141. The summed E-state index contributed by atoms with van der Waals surface area (Å²) < 4.78 is 5.17. The van der Waals surface area contributed by atoms with Crippen molar-refractivity contribution in [2.45, 2.75) is 13.3 Å². The summed E-state index contributed by atoms with van der Waals surface area (Å²) in [6.45, 7) is 3.22. The van der Waals surface area contributed by atoms with Crippen LogP contribution in [-0.2, 0) is 19.1 Å². The van der Waals surface area contributed by atoms with Gasteiger partial charge in [-0.2, -0.15) is 0 Å². The Labute approximate surface area is 99.6 Å². The smallest absolute Gasteiger partial charge is 0.254 e. The van der Waals surface area contributed by atoms with Gasteiger partial charge in [-0.05, 0) is 6.42 Å². The summed E-state index contributed by atoms with van der Waals surface area (Å²) in [6, 6.07) is 0. The molecule has 1 heterocycles. The van der Waals surface area contributed by atoms with E-state index in [1.165, 1.54) is 0 Å². The fourth-order valence-electron chi connectivity index (χ4n) is 1.30. The average Bonchev–Trinajstić information content (AvgIpc) is 2.60. The third-order valence-electron chi connectivity index (χ3n) is 2.12. The van der Waals surface area contributed by atoms with Crippen LogP contribution < -0.4 is 5.32 Å². The molecule has 0 radical (unpaired) electrons. The number of hydrogen-bond donors (Lipinski definition) is 1. The molecule has 0 bridgehead atoms. The van der Waals surface area contributed by atoms with Crippen LogP contribution in [0, 0.1) is 0 Å². The quantitative estimate of drug-likeness (QED) is 0.479. The molecule has 3 amide bonds. The summed E-state index contributed by atoms with van der Waals surface area (Å²) in [5.41, 5.74) is 0. The van der Waals surface area contributed by atoms with Crippen LogP contribution in [0.3, 0.4) is 0 Å². The Morgan fingerprint density at radius 1 is 1.29 bits per heavy atom. The van der Waals surface area contributed by atoms with Crippen LogP contribution >= 0.6 is 0 Å². The van der Waals surface area contributed by atoms with E-state index < -0.39 is 11.8 Å². The van der Waals surface area contributed by atoms with Gasteiger partial charge < -0.3 is 10.1 Å². The molecule has 0 spiro atoms. The van der Waals surface area contributed by atoms with E-state index in [1.54, 1.807) is 0 Å². The van der Waals surface area contributed by atoms with Crippen LogP contribution in [0.25, 0.3) is 0 Å². The summed E-state index contributed by atoms with van der Waals surface area (Å²) >= 11 is 0. The van der Waals surface area contributed by atoms with Crippen LogP contribution in [0.4, 0.5) is 0 Å². The van der Waals surface area contributed by atoms with Gasteiger partial charge in [0, 0.05) is 25.3 Å². The Morgan fingerprint density at radius 2 is 1.94 bits per heavy atom. The van der Waals surface area contributed by atoms with Crippen molar-refractivity contribution in [2.24, 2.45) is 0 Å². The number of hydrogen-bond acceptors (Lipinski definition) is 4. The minimum absolute atomic E-state index is 0.238. The van der Waals surface area contributed by atoms with E-state index in [0.29, 0.717) is 19.8 Å². The average molecular weight is 240 g/mol. The van der Waals surface area contributed by atoms with E-state index in [2.05, 4.69) is 5.32 Å². The zero-order chi connectivity index (χ0) is 12.7. The second-order valence-electron chi connectivity index (χ2n) is 3.56. The zero-order valence-electron chi connectivity index (χ0n) is 9.77. The number of amides is 3. The first kappa shape index (κ1) is 13.4. The second-order valence-corrected chi connectivity index (χ2v) is 3.56. The van der Waals surface area contributed by atoms with Gasteiger partial charge in [0.15, 0.2) is 0 Å². The summed E-state index contributed by atoms with van der Waals surface area (Å²) in [6.07, 6.45) is 3.23. The highest BCUT2D eigenvalue weighted by atomic mass is 16.5. The van der Waals surface area contributed by atoms with Gasteiger partial charge in [-0.15, -0.1) is 0 Å². The molecule has 6 nitrogen and oxygen atoms in total. The number of nitrogens with one attached hydrogen (secondary N) is 1. The predicted molar refractivity (Wildman–Crippen MR) is 60.0 cm³/mol. The van der Waals surface area contributed by atoms with Gasteiger partial charge in [0.25, 0.3) is 11.8 Å². The molecule has 0 aliphatic carbocycles. The standard InChI is InChI=1S/C11H16N2O4/c1-2-6-17-7-5-12-9(14)8-13-10(15)3-4-11(13)16/h3-4H,2,5-8H2,1H3,(H,12,14). The van der Waals surface area contributed by atoms with Crippen molar-refractivity contribution < 1.29 is 19.1 Å². The summed E-state index contributed by atoms with van der Waals surface area (Å²) in [4.78, 5) is 34.6. The third-order valence-corrected chi connectivity index (χ3v) is 2.12. The Bertz CT molecular complexity index is 320. The summed E-state index contributed by atoms with van der Waals surface area (Å²) in [5, 5.41) is 2.57. The van der Waals surface area contributed by atoms with E-state index in [1.807, 2.05) is 6.92 Å². The van der Waals surface area contributed by atoms with Gasteiger partial charge in [0.2, 0.25) is 5.91 Å². The lowest BCUT2D eigenvalue weighted by Gasteiger charge is -2.13. The third kappa shape index (κ3) is 4.36. The Morgan fingerprint density at radius 3 is 2.53 bits per heavy atom. The predicted octanol–water partition coefficient (Wildman–Crippen LogP) is -0.546. The van der Waals surface area contributed by atoms with E-state index in [4.69, 9.17) is 4.74 Å². The Balaban J connectivity index is 2.17.